The van der Waals surface area contributed by atoms with Crippen molar-refractivity contribution in [1.82, 2.24) is 19.6 Å². The van der Waals surface area contributed by atoms with Crippen molar-refractivity contribution in [2.75, 3.05) is 25.1 Å². The zero-order chi connectivity index (χ0) is 19.1. The molecule has 9 heteroatoms. The van der Waals surface area contributed by atoms with Crippen LogP contribution in [0.15, 0.2) is 18.5 Å². The van der Waals surface area contributed by atoms with Crippen LogP contribution in [0.1, 0.15) is 19.8 Å². The molecule has 1 aromatic carbocycles. The molecule has 142 valence electrons. The minimum Gasteiger partial charge on any atom is -0.497 e. The molecule has 0 N–H and O–H groups in total. The van der Waals surface area contributed by atoms with Gasteiger partial charge in [0.05, 0.1) is 18.2 Å². The highest BCUT2D eigenvalue weighted by Crippen LogP contribution is 2.41. The van der Waals surface area contributed by atoms with Crippen LogP contribution >= 0.6 is 11.6 Å². The molecule has 0 saturated carbocycles. The fourth-order valence-electron chi connectivity index (χ4n) is 3.44. The number of rotatable bonds is 3. The predicted molar refractivity (Wildman–Crippen MR) is 98.3 cm³/mol. The summed E-state index contributed by atoms with van der Waals surface area (Å²) in [5.74, 6) is -0.0944. The van der Waals surface area contributed by atoms with Gasteiger partial charge >= 0.3 is 0 Å². The molecule has 2 aromatic heterocycles. The molecule has 3 aromatic rings. The van der Waals surface area contributed by atoms with E-state index in [2.05, 4.69) is 22.0 Å². The van der Waals surface area contributed by atoms with E-state index >= 15 is 0 Å². The van der Waals surface area contributed by atoms with Gasteiger partial charge in [-0.15, -0.1) is 0 Å². The second-order valence-corrected chi connectivity index (χ2v) is 7.07. The van der Waals surface area contributed by atoms with Crippen LogP contribution < -0.4 is 9.64 Å². The van der Waals surface area contributed by atoms with Crippen LogP contribution in [0, 0.1) is 17.6 Å². The minimum absolute atomic E-state index is 0.0212. The van der Waals surface area contributed by atoms with E-state index in [9.17, 15) is 8.78 Å². The molecule has 1 aliphatic rings. The fourth-order valence-corrected chi connectivity index (χ4v) is 3.69. The summed E-state index contributed by atoms with van der Waals surface area (Å²) >= 11 is 6.38. The lowest BCUT2D eigenvalue weighted by atomic mass is 9.98. The standard InChI is InChI=1S/C18H18ClF2N5O/c1-10-3-5-25(6-4-10)17-15(16(19)24-18-22-9-23-26(17)18)14-12(20)7-11(27-2)8-13(14)21/h7-10H,3-6H2,1-2H3. The monoisotopic (exact) mass is 393 g/mol. The van der Waals surface area contributed by atoms with Crippen LogP contribution in [0.3, 0.4) is 0 Å². The maximum absolute atomic E-state index is 14.8. The quantitative estimate of drug-likeness (QED) is 0.630. The van der Waals surface area contributed by atoms with Crippen LogP contribution in [0.2, 0.25) is 5.15 Å². The Morgan fingerprint density at radius 1 is 1.15 bits per heavy atom. The van der Waals surface area contributed by atoms with Crippen molar-refractivity contribution in [3.05, 3.63) is 35.2 Å². The number of fused-ring (bicyclic) bond motifs is 1. The molecule has 0 spiro atoms. The summed E-state index contributed by atoms with van der Waals surface area (Å²) in [5.41, 5.74) is -0.0822. The van der Waals surface area contributed by atoms with E-state index in [-0.39, 0.29) is 27.8 Å². The SMILES string of the molecule is COc1cc(F)c(-c2c(Cl)nc3ncnn3c2N2CCC(C)CC2)c(F)c1. The average Bonchev–Trinajstić information content (AvgIpc) is 3.10. The number of nitrogens with zero attached hydrogens (tertiary/aromatic N) is 5. The van der Waals surface area contributed by atoms with Gasteiger partial charge in [-0.2, -0.15) is 19.6 Å². The number of ether oxygens (including phenoxy) is 1. The molecule has 0 aliphatic carbocycles. The van der Waals surface area contributed by atoms with Gasteiger partial charge in [0.1, 0.15) is 34.7 Å². The molecule has 1 saturated heterocycles. The number of anilines is 1. The zero-order valence-corrected chi connectivity index (χ0v) is 15.7. The molecule has 27 heavy (non-hydrogen) atoms. The highest BCUT2D eigenvalue weighted by Gasteiger charge is 2.28. The number of halogens is 3. The third kappa shape index (κ3) is 3.07. The van der Waals surface area contributed by atoms with Crippen molar-refractivity contribution in [1.29, 1.82) is 0 Å². The minimum atomic E-state index is -0.776. The normalized spacial score (nSPS) is 15.5. The third-order valence-electron chi connectivity index (χ3n) is 4.94. The van der Waals surface area contributed by atoms with Crippen molar-refractivity contribution >= 4 is 23.2 Å². The average molecular weight is 394 g/mol. The lowest BCUT2D eigenvalue weighted by Crippen LogP contribution is -2.35. The molecular weight excluding hydrogens is 376 g/mol. The first-order valence-corrected chi connectivity index (χ1v) is 9.05. The molecule has 6 nitrogen and oxygen atoms in total. The number of aromatic nitrogens is 4. The Hall–Kier alpha value is -2.48. The van der Waals surface area contributed by atoms with Gasteiger partial charge in [-0.25, -0.2) is 8.78 Å². The van der Waals surface area contributed by atoms with Gasteiger partial charge in [-0.1, -0.05) is 18.5 Å². The molecule has 1 aliphatic heterocycles. The van der Waals surface area contributed by atoms with E-state index in [1.807, 2.05) is 4.90 Å². The van der Waals surface area contributed by atoms with E-state index in [1.165, 1.54) is 18.0 Å². The highest BCUT2D eigenvalue weighted by molar-refractivity contribution is 6.33. The molecule has 0 radical (unpaired) electrons. The Kier molecular flexibility index (Phi) is 4.59. The maximum atomic E-state index is 14.8. The topological polar surface area (TPSA) is 55.6 Å². The van der Waals surface area contributed by atoms with E-state index in [1.54, 1.807) is 0 Å². The number of benzene rings is 1. The Balaban J connectivity index is 1.98. The van der Waals surface area contributed by atoms with Crippen molar-refractivity contribution in [2.24, 2.45) is 5.92 Å². The van der Waals surface area contributed by atoms with Crippen molar-refractivity contribution in [2.45, 2.75) is 19.8 Å². The Morgan fingerprint density at radius 3 is 2.44 bits per heavy atom. The van der Waals surface area contributed by atoms with E-state index in [0.29, 0.717) is 11.7 Å². The van der Waals surface area contributed by atoms with E-state index < -0.39 is 11.6 Å². The summed E-state index contributed by atoms with van der Waals surface area (Å²) in [7, 11) is 1.35. The van der Waals surface area contributed by atoms with Gasteiger partial charge in [-0.05, 0) is 18.8 Å². The molecule has 3 heterocycles. The number of methoxy groups -OCH3 is 1. The Morgan fingerprint density at radius 2 is 1.81 bits per heavy atom. The fraction of sp³-hybridized carbons (Fsp3) is 0.389. The van der Waals surface area contributed by atoms with Crippen LogP contribution in [0.4, 0.5) is 14.6 Å². The van der Waals surface area contributed by atoms with E-state index in [0.717, 1.165) is 38.1 Å². The maximum Gasteiger partial charge on any atom is 0.255 e. The molecule has 0 atom stereocenters. The third-order valence-corrected chi connectivity index (χ3v) is 5.22. The largest absolute Gasteiger partial charge is 0.497 e. The summed E-state index contributed by atoms with van der Waals surface area (Å²) in [5, 5.41) is 4.19. The Bertz CT molecular complexity index is 978. The van der Waals surface area contributed by atoms with Gasteiger partial charge in [-0.3, -0.25) is 0 Å². The van der Waals surface area contributed by atoms with Gasteiger partial charge in [0.2, 0.25) is 0 Å². The molecule has 0 unspecified atom stereocenters. The van der Waals surface area contributed by atoms with E-state index in [4.69, 9.17) is 16.3 Å². The molecule has 1 fully saturated rings. The lowest BCUT2D eigenvalue weighted by molar-refractivity contribution is 0.407. The van der Waals surface area contributed by atoms with Crippen LogP contribution in [-0.2, 0) is 0 Å². The summed E-state index contributed by atoms with van der Waals surface area (Å²) < 4.78 is 36.1. The van der Waals surface area contributed by atoms with Gasteiger partial charge < -0.3 is 9.64 Å². The molecule has 0 bridgehead atoms. The van der Waals surface area contributed by atoms with Crippen molar-refractivity contribution in [3.63, 3.8) is 0 Å². The molecule has 0 amide bonds. The molecular formula is C18H18ClF2N5O. The van der Waals surface area contributed by atoms with Crippen LogP contribution in [0.25, 0.3) is 16.9 Å². The van der Waals surface area contributed by atoms with Gasteiger partial charge in [0.15, 0.2) is 0 Å². The number of hydrogen-bond donors (Lipinski definition) is 0. The molecule has 4 rings (SSSR count). The first-order chi connectivity index (χ1) is 13.0. The number of piperidine rings is 1. The zero-order valence-electron chi connectivity index (χ0n) is 14.9. The Labute approximate surface area is 159 Å². The highest BCUT2D eigenvalue weighted by atomic mass is 35.5. The second-order valence-electron chi connectivity index (χ2n) is 6.71. The summed E-state index contributed by atoms with van der Waals surface area (Å²) in [6.07, 6.45) is 3.27. The lowest BCUT2D eigenvalue weighted by Gasteiger charge is -2.33. The van der Waals surface area contributed by atoms with Gasteiger partial charge in [0.25, 0.3) is 5.78 Å². The number of hydrogen-bond acceptors (Lipinski definition) is 5. The summed E-state index contributed by atoms with van der Waals surface area (Å²) in [6, 6.07) is 2.25. The second kappa shape index (κ2) is 6.92. The van der Waals surface area contributed by atoms with Crippen molar-refractivity contribution < 1.29 is 13.5 Å². The summed E-state index contributed by atoms with van der Waals surface area (Å²) in [6.45, 7) is 3.64. The van der Waals surface area contributed by atoms with Crippen LogP contribution in [0.5, 0.6) is 5.75 Å². The summed E-state index contributed by atoms with van der Waals surface area (Å²) in [4.78, 5) is 10.3. The predicted octanol–water partition coefficient (Wildman–Crippen LogP) is 3.97. The van der Waals surface area contributed by atoms with Crippen molar-refractivity contribution in [3.8, 4) is 16.9 Å². The first-order valence-electron chi connectivity index (χ1n) is 8.67. The first kappa shape index (κ1) is 17.9. The van der Waals surface area contributed by atoms with Gasteiger partial charge in [0, 0.05) is 25.2 Å². The van der Waals surface area contributed by atoms with Crippen LogP contribution in [-0.4, -0.2) is 39.8 Å². The smallest absolute Gasteiger partial charge is 0.255 e.